The van der Waals surface area contributed by atoms with Crippen LogP contribution in [0.1, 0.15) is 18.7 Å². The van der Waals surface area contributed by atoms with Crippen LogP contribution in [0.2, 0.25) is 5.02 Å². The number of aliphatic carboxylic acids is 1. The number of hydrogen-bond donors (Lipinski definition) is 2. The summed E-state index contributed by atoms with van der Waals surface area (Å²) in [7, 11) is 0. The highest BCUT2D eigenvalue weighted by Gasteiger charge is 2.26. The van der Waals surface area contributed by atoms with Gasteiger partial charge in [-0.2, -0.15) is 4.98 Å². The van der Waals surface area contributed by atoms with Crippen LogP contribution in [0.3, 0.4) is 0 Å². The third-order valence-corrected chi connectivity index (χ3v) is 4.53. The zero-order chi connectivity index (χ0) is 18.5. The Morgan fingerprint density at radius 1 is 1.35 bits per heavy atom. The smallest absolute Gasteiger partial charge is 0.317 e. The number of amides is 2. The van der Waals surface area contributed by atoms with E-state index in [1.54, 1.807) is 23.1 Å². The maximum atomic E-state index is 12.1. The lowest BCUT2D eigenvalue weighted by Crippen LogP contribution is -2.45. The van der Waals surface area contributed by atoms with E-state index in [0.717, 1.165) is 5.56 Å². The lowest BCUT2D eigenvalue weighted by Gasteiger charge is -2.30. The summed E-state index contributed by atoms with van der Waals surface area (Å²) < 4.78 is 5.19. The Morgan fingerprint density at radius 3 is 2.81 bits per heavy atom. The van der Waals surface area contributed by atoms with Gasteiger partial charge in [0.05, 0.1) is 5.92 Å². The van der Waals surface area contributed by atoms with E-state index in [2.05, 4.69) is 15.5 Å². The number of nitrogens with one attached hydrogen (secondary N) is 1. The van der Waals surface area contributed by atoms with E-state index in [4.69, 9.17) is 21.2 Å². The second-order valence-corrected chi connectivity index (χ2v) is 6.54. The SMILES string of the molecule is O=C(O)C1CCN(C(=O)NCCc2nc(-c3cccc(Cl)c3)no2)CC1. The maximum Gasteiger partial charge on any atom is 0.317 e. The average molecular weight is 379 g/mol. The van der Waals surface area contributed by atoms with Crippen LogP contribution < -0.4 is 5.32 Å². The highest BCUT2D eigenvalue weighted by molar-refractivity contribution is 6.30. The molecule has 1 saturated heterocycles. The Bertz CT molecular complexity index is 787. The Hall–Kier alpha value is -2.61. The Kier molecular flexibility index (Phi) is 5.72. The molecule has 1 aromatic heterocycles. The van der Waals surface area contributed by atoms with E-state index >= 15 is 0 Å². The number of halogens is 1. The molecule has 2 amide bonds. The van der Waals surface area contributed by atoms with Gasteiger partial charge in [0, 0.05) is 36.6 Å². The van der Waals surface area contributed by atoms with Gasteiger partial charge < -0.3 is 19.8 Å². The molecule has 8 nitrogen and oxygen atoms in total. The molecular formula is C17H19ClN4O4. The second-order valence-electron chi connectivity index (χ2n) is 6.10. The summed E-state index contributed by atoms with van der Waals surface area (Å²) in [5.74, 6) is -0.284. The van der Waals surface area contributed by atoms with Gasteiger partial charge in [0.1, 0.15) is 0 Å². The maximum absolute atomic E-state index is 12.1. The van der Waals surface area contributed by atoms with E-state index in [1.165, 1.54) is 0 Å². The lowest BCUT2D eigenvalue weighted by atomic mass is 9.97. The number of carbonyl (C=O) groups excluding carboxylic acids is 1. The molecule has 0 spiro atoms. The number of hydrogen-bond acceptors (Lipinski definition) is 5. The number of carbonyl (C=O) groups is 2. The van der Waals surface area contributed by atoms with Crippen molar-refractivity contribution in [3.63, 3.8) is 0 Å². The molecule has 26 heavy (non-hydrogen) atoms. The quantitative estimate of drug-likeness (QED) is 0.827. The van der Waals surface area contributed by atoms with Gasteiger partial charge in [0.25, 0.3) is 0 Å². The van der Waals surface area contributed by atoms with E-state index < -0.39 is 5.97 Å². The normalized spacial score (nSPS) is 15.0. The van der Waals surface area contributed by atoms with Gasteiger partial charge in [-0.25, -0.2) is 4.79 Å². The molecular weight excluding hydrogens is 360 g/mol. The molecule has 0 radical (unpaired) electrons. The molecule has 0 atom stereocenters. The van der Waals surface area contributed by atoms with Crippen LogP contribution in [0.5, 0.6) is 0 Å². The van der Waals surface area contributed by atoms with Gasteiger partial charge in [0.2, 0.25) is 11.7 Å². The van der Waals surface area contributed by atoms with Crippen LogP contribution in [-0.2, 0) is 11.2 Å². The van der Waals surface area contributed by atoms with Gasteiger partial charge in [-0.15, -0.1) is 0 Å². The average Bonchev–Trinajstić information content (AvgIpc) is 3.10. The molecule has 2 heterocycles. The number of nitrogens with zero attached hydrogens (tertiary/aromatic N) is 3. The summed E-state index contributed by atoms with van der Waals surface area (Å²) in [6, 6.07) is 6.95. The van der Waals surface area contributed by atoms with Gasteiger partial charge >= 0.3 is 12.0 Å². The first kappa shape index (κ1) is 18.2. The number of carboxylic acids is 1. The minimum absolute atomic E-state index is 0.205. The minimum atomic E-state index is -0.794. The second kappa shape index (κ2) is 8.18. The fraction of sp³-hybridized carbons (Fsp3) is 0.412. The van der Waals surface area contributed by atoms with Crippen molar-refractivity contribution < 1.29 is 19.2 Å². The fourth-order valence-corrected chi connectivity index (χ4v) is 3.01. The van der Waals surface area contributed by atoms with Crippen molar-refractivity contribution in [1.29, 1.82) is 0 Å². The number of carboxylic acid groups (broad SMARTS) is 1. The van der Waals surface area contributed by atoms with Crippen molar-refractivity contribution in [3.05, 3.63) is 35.2 Å². The standard InChI is InChI=1S/C17H19ClN4O4/c18-13-3-1-2-12(10-13)15-20-14(26-21-15)4-7-19-17(25)22-8-5-11(6-9-22)16(23)24/h1-3,10-11H,4-9H2,(H,19,25)(H,23,24). The highest BCUT2D eigenvalue weighted by atomic mass is 35.5. The first-order chi connectivity index (χ1) is 12.5. The highest BCUT2D eigenvalue weighted by Crippen LogP contribution is 2.20. The predicted octanol–water partition coefficient (Wildman–Crippen LogP) is 2.44. The minimum Gasteiger partial charge on any atom is -0.481 e. The Morgan fingerprint density at radius 2 is 2.12 bits per heavy atom. The van der Waals surface area contributed by atoms with Crippen LogP contribution >= 0.6 is 11.6 Å². The molecule has 9 heteroatoms. The first-order valence-corrected chi connectivity index (χ1v) is 8.75. The third kappa shape index (κ3) is 4.51. The van der Waals surface area contributed by atoms with Gasteiger partial charge in [-0.3, -0.25) is 4.79 Å². The number of aromatic nitrogens is 2. The molecule has 0 unspecified atom stereocenters. The number of rotatable bonds is 5. The zero-order valence-electron chi connectivity index (χ0n) is 14.0. The Labute approximate surface area is 155 Å². The molecule has 2 aromatic rings. The van der Waals surface area contributed by atoms with Crippen LogP contribution in [0.25, 0.3) is 11.4 Å². The predicted molar refractivity (Wildman–Crippen MR) is 93.8 cm³/mol. The van der Waals surface area contributed by atoms with Gasteiger partial charge in [-0.05, 0) is 25.0 Å². The molecule has 138 valence electrons. The first-order valence-electron chi connectivity index (χ1n) is 8.37. The molecule has 1 aliphatic rings. The van der Waals surface area contributed by atoms with E-state index in [9.17, 15) is 9.59 Å². The van der Waals surface area contributed by atoms with Crippen LogP contribution in [0.15, 0.2) is 28.8 Å². The lowest BCUT2D eigenvalue weighted by molar-refractivity contribution is -0.143. The number of urea groups is 1. The third-order valence-electron chi connectivity index (χ3n) is 4.30. The van der Waals surface area contributed by atoms with Crippen molar-refractivity contribution in [2.24, 2.45) is 5.92 Å². The van der Waals surface area contributed by atoms with Gasteiger partial charge in [0.15, 0.2) is 0 Å². The molecule has 1 fully saturated rings. The molecule has 0 saturated carbocycles. The molecule has 2 N–H and O–H groups in total. The summed E-state index contributed by atoms with van der Waals surface area (Å²) in [5.41, 5.74) is 0.762. The largest absolute Gasteiger partial charge is 0.481 e. The van der Waals surface area contributed by atoms with Gasteiger partial charge in [-0.1, -0.05) is 28.9 Å². The van der Waals surface area contributed by atoms with Crippen LogP contribution in [0, 0.1) is 5.92 Å². The molecule has 0 bridgehead atoms. The number of likely N-dealkylation sites (tertiary alicyclic amines) is 1. The van der Waals surface area contributed by atoms with Crippen molar-refractivity contribution in [1.82, 2.24) is 20.4 Å². The summed E-state index contributed by atoms with van der Waals surface area (Å²) in [5, 5.41) is 16.3. The van der Waals surface area contributed by atoms with E-state index in [0.29, 0.717) is 55.6 Å². The zero-order valence-corrected chi connectivity index (χ0v) is 14.8. The van der Waals surface area contributed by atoms with E-state index in [-0.39, 0.29) is 11.9 Å². The molecule has 3 rings (SSSR count). The molecule has 0 aliphatic carbocycles. The van der Waals surface area contributed by atoms with Crippen molar-refractivity contribution in [2.45, 2.75) is 19.3 Å². The van der Waals surface area contributed by atoms with Crippen molar-refractivity contribution in [3.8, 4) is 11.4 Å². The number of piperidine rings is 1. The number of benzene rings is 1. The summed E-state index contributed by atoms with van der Waals surface area (Å²) in [4.78, 5) is 29.0. The van der Waals surface area contributed by atoms with Crippen molar-refractivity contribution in [2.75, 3.05) is 19.6 Å². The Balaban J connectivity index is 1.45. The molecule has 1 aliphatic heterocycles. The topological polar surface area (TPSA) is 109 Å². The summed E-state index contributed by atoms with van der Waals surface area (Å²) in [6.07, 6.45) is 1.37. The summed E-state index contributed by atoms with van der Waals surface area (Å²) in [6.45, 7) is 1.25. The van der Waals surface area contributed by atoms with E-state index in [1.807, 2.05) is 6.07 Å². The monoisotopic (exact) mass is 378 g/mol. The molecule has 1 aromatic carbocycles. The van der Waals surface area contributed by atoms with Crippen molar-refractivity contribution >= 4 is 23.6 Å². The van der Waals surface area contributed by atoms with Crippen LogP contribution in [0.4, 0.5) is 4.79 Å². The van der Waals surface area contributed by atoms with Crippen LogP contribution in [-0.4, -0.2) is 51.8 Å². The summed E-state index contributed by atoms with van der Waals surface area (Å²) >= 11 is 5.95. The fourth-order valence-electron chi connectivity index (χ4n) is 2.82.